The first-order valence-electron chi connectivity index (χ1n) is 2.16. The van der Waals surface area contributed by atoms with E-state index in [1.807, 2.05) is 7.05 Å². The van der Waals surface area contributed by atoms with Crippen LogP contribution in [0, 0.1) is 0 Å². The van der Waals surface area contributed by atoms with Crippen molar-refractivity contribution < 1.29 is 1.43 Å². The fourth-order valence-corrected chi connectivity index (χ4v) is 0.177. The van der Waals surface area contributed by atoms with Gasteiger partial charge in [0.05, 0.1) is 0 Å². The molecule has 1 nitrogen and oxygen atoms in total. The Bertz CT molecular complexity index is 46.0. The van der Waals surface area contributed by atoms with Gasteiger partial charge in [0, 0.05) is 14.2 Å². The van der Waals surface area contributed by atoms with Crippen LogP contribution in [0.15, 0.2) is 12.3 Å². The predicted octanol–water partition coefficient (Wildman–Crippen LogP) is 1.38. The van der Waals surface area contributed by atoms with Gasteiger partial charge in [-0.15, -0.1) is 0 Å². The lowest BCUT2D eigenvalue weighted by atomic mass is 10.4. The molecule has 0 aromatic carbocycles. The van der Waals surface area contributed by atoms with Crippen molar-refractivity contribution in [3.63, 3.8) is 0 Å². The van der Waals surface area contributed by atoms with E-state index in [1.165, 1.54) is 0 Å². The molecule has 0 rings (SSSR count). The molecule has 0 saturated heterocycles. The molecule has 0 bridgehead atoms. The Hall–Kier alpha value is -0.460. The number of hydrogen-bond donors (Lipinski definition) is 1. The Morgan fingerprint density at radius 3 is 2.50 bits per heavy atom. The van der Waals surface area contributed by atoms with Crippen molar-refractivity contribution in [2.75, 3.05) is 7.05 Å². The molecule has 0 atom stereocenters. The van der Waals surface area contributed by atoms with Gasteiger partial charge in [-0.1, -0.05) is 13.5 Å². The van der Waals surface area contributed by atoms with E-state index in [9.17, 15) is 0 Å². The molecule has 0 spiro atoms. The molecular weight excluding hydrogens is 74.1 g/mol. The normalized spacial score (nSPS) is 7.67. The average molecular weight is 87.2 g/mol. The van der Waals surface area contributed by atoms with Gasteiger partial charge in [0.25, 0.3) is 0 Å². The van der Waals surface area contributed by atoms with E-state index in [0.717, 1.165) is 12.1 Å². The maximum atomic E-state index is 3.68. The first-order chi connectivity index (χ1) is 2.81. The molecule has 0 aliphatic heterocycles. The lowest BCUT2D eigenvalue weighted by Crippen LogP contribution is -2.01. The van der Waals surface area contributed by atoms with Gasteiger partial charge in [-0.05, 0) is 6.42 Å². The largest absolute Gasteiger partial charge is 0.392 e. The summed E-state index contributed by atoms with van der Waals surface area (Å²) < 4.78 is 0. The molecule has 1 heteroatoms. The zero-order valence-corrected chi connectivity index (χ0v) is 4.41. The van der Waals surface area contributed by atoms with E-state index in [1.54, 1.807) is 0 Å². The van der Waals surface area contributed by atoms with Crippen molar-refractivity contribution in [2.24, 2.45) is 0 Å². The molecule has 0 fully saturated rings. The number of rotatable bonds is 2. The van der Waals surface area contributed by atoms with Crippen molar-refractivity contribution >= 4 is 0 Å². The van der Waals surface area contributed by atoms with Gasteiger partial charge in [-0.2, -0.15) is 0 Å². The van der Waals surface area contributed by atoms with E-state index < -0.39 is 0 Å². The van der Waals surface area contributed by atoms with E-state index >= 15 is 0 Å². The Morgan fingerprint density at radius 2 is 2.50 bits per heavy atom. The van der Waals surface area contributed by atoms with Crippen LogP contribution >= 0.6 is 0 Å². The summed E-state index contributed by atoms with van der Waals surface area (Å²) in [4.78, 5) is 0. The van der Waals surface area contributed by atoms with Crippen LogP contribution in [0.3, 0.4) is 0 Å². The van der Waals surface area contributed by atoms with E-state index in [0.29, 0.717) is 0 Å². The van der Waals surface area contributed by atoms with Gasteiger partial charge in [0.15, 0.2) is 0 Å². The maximum absolute atomic E-state index is 3.68. The van der Waals surface area contributed by atoms with Crippen LogP contribution in [0.5, 0.6) is 0 Å². The zero-order chi connectivity index (χ0) is 4.99. The average Bonchev–Trinajstić information content (AvgIpc) is 1.65. The van der Waals surface area contributed by atoms with Gasteiger partial charge in [0.2, 0.25) is 0 Å². The molecule has 0 saturated carbocycles. The van der Waals surface area contributed by atoms with Crippen LogP contribution in [0.4, 0.5) is 0 Å². The van der Waals surface area contributed by atoms with Crippen LogP contribution < -0.4 is 5.32 Å². The topological polar surface area (TPSA) is 12.0 Å². The van der Waals surface area contributed by atoms with Crippen molar-refractivity contribution in [1.29, 1.82) is 0 Å². The second-order valence-corrected chi connectivity index (χ2v) is 1.21. The van der Waals surface area contributed by atoms with Gasteiger partial charge >= 0.3 is 0 Å². The molecule has 0 aliphatic carbocycles. The Balaban J connectivity index is 0. The Morgan fingerprint density at radius 1 is 2.00 bits per heavy atom. The molecule has 6 heavy (non-hydrogen) atoms. The second kappa shape index (κ2) is 2.76. The summed E-state index contributed by atoms with van der Waals surface area (Å²) >= 11 is 0. The minimum absolute atomic E-state index is 0. The van der Waals surface area contributed by atoms with Crippen molar-refractivity contribution in [1.82, 2.24) is 5.32 Å². The van der Waals surface area contributed by atoms with E-state index in [4.69, 9.17) is 0 Å². The molecule has 0 heterocycles. The Labute approximate surface area is 40.5 Å². The van der Waals surface area contributed by atoms with Crippen molar-refractivity contribution in [3.8, 4) is 0 Å². The van der Waals surface area contributed by atoms with Gasteiger partial charge in [-0.3, -0.25) is 0 Å². The van der Waals surface area contributed by atoms with Crippen LogP contribution in [0.1, 0.15) is 14.8 Å². The fraction of sp³-hybridized carbons (Fsp3) is 0.600. The molecule has 1 N–H and O–H groups in total. The smallest absolute Gasteiger partial charge is 0.00300 e. The van der Waals surface area contributed by atoms with E-state index in [2.05, 4.69) is 18.8 Å². The Kier molecular flexibility index (Phi) is 2.55. The third-order valence-corrected chi connectivity index (χ3v) is 0.780. The summed E-state index contributed by atoms with van der Waals surface area (Å²) in [6, 6.07) is 0. The van der Waals surface area contributed by atoms with Crippen LogP contribution in [0.25, 0.3) is 0 Å². The highest BCUT2D eigenvalue weighted by Gasteiger charge is 1.75. The molecule has 0 radical (unpaired) electrons. The van der Waals surface area contributed by atoms with Crippen molar-refractivity contribution in [3.05, 3.63) is 12.3 Å². The third kappa shape index (κ3) is 1.82. The van der Waals surface area contributed by atoms with Gasteiger partial charge in [-0.25, -0.2) is 0 Å². The molecule has 38 valence electrons. The number of hydrogen-bond acceptors (Lipinski definition) is 1. The first-order valence-corrected chi connectivity index (χ1v) is 2.16. The quantitative estimate of drug-likeness (QED) is 0.536. The van der Waals surface area contributed by atoms with E-state index in [-0.39, 0.29) is 1.43 Å². The zero-order valence-electron chi connectivity index (χ0n) is 4.41. The second-order valence-electron chi connectivity index (χ2n) is 1.21. The minimum Gasteiger partial charge on any atom is -0.392 e. The number of allylic oxidation sites excluding steroid dienone is 1. The molecule has 0 unspecified atom stereocenters. The van der Waals surface area contributed by atoms with Crippen molar-refractivity contribution in [2.45, 2.75) is 13.3 Å². The fourth-order valence-electron chi connectivity index (χ4n) is 0.177. The standard InChI is InChI=1S/C5H11N.H2/c1-4-5(2)6-3;/h6H,2,4H2,1,3H3;1H. The SMILES string of the molecule is C=C(CC)NC.[HH]. The van der Waals surface area contributed by atoms with Crippen LogP contribution in [0.2, 0.25) is 0 Å². The highest BCUT2D eigenvalue weighted by atomic mass is 14.8. The summed E-state index contributed by atoms with van der Waals surface area (Å²) in [7, 11) is 1.88. The minimum atomic E-state index is 0. The molecular formula is C5H13N. The lowest BCUT2D eigenvalue weighted by molar-refractivity contribution is 0.908. The summed E-state index contributed by atoms with van der Waals surface area (Å²) in [6.07, 6.45) is 1.02. The van der Waals surface area contributed by atoms with Crippen LogP contribution in [-0.2, 0) is 0 Å². The predicted molar refractivity (Wildman–Crippen MR) is 30.6 cm³/mol. The molecule has 0 aromatic rings. The summed E-state index contributed by atoms with van der Waals surface area (Å²) in [5.74, 6) is 0. The first kappa shape index (κ1) is 5.54. The highest BCUT2D eigenvalue weighted by molar-refractivity contribution is 4.86. The van der Waals surface area contributed by atoms with Gasteiger partial charge in [0.1, 0.15) is 0 Å². The number of nitrogens with one attached hydrogen (secondary N) is 1. The third-order valence-electron chi connectivity index (χ3n) is 0.780. The van der Waals surface area contributed by atoms with Crippen LogP contribution in [-0.4, -0.2) is 7.05 Å². The molecule has 0 aliphatic rings. The monoisotopic (exact) mass is 87.1 g/mol. The summed E-state index contributed by atoms with van der Waals surface area (Å²) in [5.41, 5.74) is 1.09. The molecule has 0 amide bonds. The lowest BCUT2D eigenvalue weighted by Gasteiger charge is -1.94. The maximum Gasteiger partial charge on any atom is 0.00300 e. The summed E-state index contributed by atoms with van der Waals surface area (Å²) in [6.45, 7) is 5.75. The highest BCUT2D eigenvalue weighted by Crippen LogP contribution is 1.84. The van der Waals surface area contributed by atoms with Gasteiger partial charge < -0.3 is 5.32 Å². The molecule has 0 aromatic heterocycles. The summed E-state index contributed by atoms with van der Waals surface area (Å²) in [5, 5.41) is 2.92.